The molecule has 1 aliphatic rings. The second kappa shape index (κ2) is 8.69. The lowest BCUT2D eigenvalue weighted by atomic mass is 9.98. The van der Waals surface area contributed by atoms with Crippen LogP contribution in [0.4, 0.5) is 5.69 Å². The molecule has 0 spiro atoms. The Labute approximate surface area is 197 Å². The van der Waals surface area contributed by atoms with Crippen LogP contribution in [-0.2, 0) is 14.8 Å². The summed E-state index contributed by atoms with van der Waals surface area (Å²) < 4.78 is 32.7. The average molecular weight is 480 g/mol. The van der Waals surface area contributed by atoms with E-state index in [9.17, 15) is 13.2 Å². The number of para-hydroxylation sites is 2. The van der Waals surface area contributed by atoms with Crippen molar-refractivity contribution in [2.24, 2.45) is 5.92 Å². The molecule has 34 heavy (non-hydrogen) atoms. The molecule has 1 saturated heterocycles. The predicted octanol–water partition coefficient (Wildman–Crippen LogP) is 3.87. The van der Waals surface area contributed by atoms with Gasteiger partial charge in [-0.3, -0.25) is 4.79 Å². The van der Waals surface area contributed by atoms with Crippen LogP contribution in [0.5, 0.6) is 0 Å². The van der Waals surface area contributed by atoms with Gasteiger partial charge in [0.15, 0.2) is 5.76 Å². The minimum absolute atomic E-state index is 0.0923. The van der Waals surface area contributed by atoms with Gasteiger partial charge < -0.3 is 14.8 Å². The van der Waals surface area contributed by atoms with E-state index in [0.29, 0.717) is 30.8 Å². The molecule has 9 nitrogen and oxygen atoms in total. The van der Waals surface area contributed by atoms with Crippen molar-refractivity contribution in [1.82, 2.24) is 19.4 Å². The zero-order valence-electron chi connectivity index (χ0n) is 18.9. The van der Waals surface area contributed by atoms with E-state index in [1.165, 1.54) is 4.31 Å². The van der Waals surface area contributed by atoms with Gasteiger partial charge in [-0.1, -0.05) is 17.3 Å². The van der Waals surface area contributed by atoms with Crippen molar-refractivity contribution in [2.75, 3.05) is 18.4 Å². The van der Waals surface area contributed by atoms with Crippen molar-refractivity contribution in [3.8, 4) is 11.4 Å². The number of carbonyl (C=O) groups is 1. The third-order valence-corrected chi connectivity index (χ3v) is 8.25. The first-order valence-electron chi connectivity index (χ1n) is 11.1. The first-order chi connectivity index (χ1) is 16.3. The summed E-state index contributed by atoms with van der Waals surface area (Å²) in [5.41, 5.74) is 3.74. The normalized spacial score (nSPS) is 17.2. The maximum atomic E-state index is 13.1. The molecule has 2 aromatic heterocycles. The molecule has 1 unspecified atom stereocenters. The number of piperidine rings is 1. The van der Waals surface area contributed by atoms with Crippen LogP contribution in [0.3, 0.4) is 0 Å². The van der Waals surface area contributed by atoms with E-state index < -0.39 is 15.9 Å². The smallest absolute Gasteiger partial charge is 0.248 e. The number of sulfonamides is 1. The van der Waals surface area contributed by atoms with E-state index in [1.807, 2.05) is 48.5 Å². The molecule has 176 valence electrons. The van der Waals surface area contributed by atoms with Gasteiger partial charge in [-0.25, -0.2) is 13.4 Å². The van der Waals surface area contributed by atoms with Crippen LogP contribution in [0.15, 0.2) is 57.9 Å². The zero-order chi connectivity index (χ0) is 23.9. The van der Waals surface area contributed by atoms with Crippen LogP contribution < -0.4 is 5.32 Å². The minimum Gasteiger partial charge on any atom is -0.360 e. The van der Waals surface area contributed by atoms with Crippen LogP contribution in [-0.4, -0.2) is 46.8 Å². The van der Waals surface area contributed by atoms with E-state index in [0.717, 1.165) is 22.4 Å². The summed E-state index contributed by atoms with van der Waals surface area (Å²) in [6, 6.07) is 15.2. The lowest BCUT2D eigenvalue weighted by molar-refractivity contribution is -0.120. The molecule has 0 aliphatic carbocycles. The third-order valence-electron chi connectivity index (χ3n) is 6.14. The number of fused-ring (bicyclic) bond motifs is 1. The van der Waals surface area contributed by atoms with Gasteiger partial charge >= 0.3 is 0 Å². The Morgan fingerprint density at radius 1 is 1.15 bits per heavy atom. The van der Waals surface area contributed by atoms with Gasteiger partial charge in [0.2, 0.25) is 15.9 Å². The molecule has 1 atom stereocenters. The quantitative estimate of drug-likeness (QED) is 0.448. The Kier molecular flexibility index (Phi) is 5.70. The molecule has 10 heteroatoms. The van der Waals surface area contributed by atoms with Gasteiger partial charge in [-0.05, 0) is 63.1 Å². The van der Waals surface area contributed by atoms with Crippen molar-refractivity contribution < 1.29 is 17.7 Å². The molecule has 1 aliphatic heterocycles. The Morgan fingerprint density at radius 2 is 1.91 bits per heavy atom. The fourth-order valence-electron chi connectivity index (χ4n) is 4.39. The Bertz CT molecular complexity index is 1400. The first-order valence-corrected chi connectivity index (χ1v) is 12.6. The number of amides is 1. The molecule has 0 bridgehead atoms. The number of carbonyl (C=O) groups excluding carboxylic acids is 1. The van der Waals surface area contributed by atoms with Crippen LogP contribution in [0.1, 0.15) is 24.3 Å². The molecule has 0 saturated carbocycles. The minimum atomic E-state index is -3.78. The summed E-state index contributed by atoms with van der Waals surface area (Å²) in [4.78, 5) is 20.9. The highest BCUT2D eigenvalue weighted by Crippen LogP contribution is 2.28. The molecule has 1 amide bonds. The van der Waals surface area contributed by atoms with Crippen molar-refractivity contribution in [3.63, 3.8) is 0 Å². The fourth-order valence-corrected chi connectivity index (χ4v) is 6.21. The van der Waals surface area contributed by atoms with E-state index in [-0.39, 0.29) is 23.1 Å². The number of benzene rings is 2. The fraction of sp³-hybridized carbons (Fsp3) is 0.292. The number of hydrogen-bond acceptors (Lipinski definition) is 6. The number of aromatic amines is 1. The topological polar surface area (TPSA) is 121 Å². The summed E-state index contributed by atoms with van der Waals surface area (Å²) in [6.07, 6.45) is 1.22. The molecule has 3 heterocycles. The van der Waals surface area contributed by atoms with E-state index in [1.54, 1.807) is 13.8 Å². The lowest BCUT2D eigenvalue weighted by Gasteiger charge is -2.31. The SMILES string of the molecule is Cc1noc(C)c1S(=O)(=O)N1CCCC(C(=O)Nc2ccc(-c3nc4ccccc4[nH]3)cc2)C1. The molecular formula is C24H25N5O4S. The molecule has 2 N–H and O–H groups in total. The molecule has 4 aromatic rings. The van der Waals surface area contributed by atoms with Crippen LogP contribution in [0.2, 0.25) is 0 Å². The van der Waals surface area contributed by atoms with Crippen LogP contribution >= 0.6 is 0 Å². The number of aryl methyl sites for hydroxylation is 2. The van der Waals surface area contributed by atoms with E-state index in [4.69, 9.17) is 4.52 Å². The number of nitrogens with zero attached hydrogens (tertiary/aromatic N) is 3. The Morgan fingerprint density at radius 3 is 2.62 bits per heavy atom. The van der Waals surface area contributed by atoms with E-state index in [2.05, 4.69) is 20.4 Å². The van der Waals surface area contributed by atoms with Crippen molar-refractivity contribution in [1.29, 1.82) is 0 Å². The maximum Gasteiger partial charge on any atom is 0.248 e. The monoisotopic (exact) mass is 479 g/mol. The van der Waals surface area contributed by atoms with Gasteiger partial charge in [-0.15, -0.1) is 0 Å². The number of hydrogen-bond donors (Lipinski definition) is 2. The molecule has 5 rings (SSSR count). The second-order valence-corrected chi connectivity index (χ2v) is 10.4. The summed E-state index contributed by atoms with van der Waals surface area (Å²) in [6.45, 7) is 3.67. The molecule has 0 radical (unpaired) electrons. The van der Waals surface area contributed by atoms with Crippen molar-refractivity contribution >= 4 is 32.7 Å². The summed E-state index contributed by atoms with van der Waals surface area (Å²) in [5.74, 6) is 0.370. The number of rotatable bonds is 5. The summed E-state index contributed by atoms with van der Waals surface area (Å²) in [7, 11) is -3.78. The number of nitrogens with one attached hydrogen (secondary N) is 2. The van der Waals surface area contributed by atoms with Crippen molar-refractivity contribution in [2.45, 2.75) is 31.6 Å². The third kappa shape index (κ3) is 4.10. The van der Waals surface area contributed by atoms with Crippen LogP contribution in [0.25, 0.3) is 22.4 Å². The average Bonchev–Trinajstić information content (AvgIpc) is 3.42. The summed E-state index contributed by atoms with van der Waals surface area (Å²) in [5, 5.41) is 6.69. The van der Waals surface area contributed by atoms with Gasteiger partial charge in [0, 0.05) is 24.3 Å². The van der Waals surface area contributed by atoms with E-state index >= 15 is 0 Å². The highest BCUT2D eigenvalue weighted by atomic mass is 32.2. The zero-order valence-corrected chi connectivity index (χ0v) is 19.7. The number of H-pyrrole nitrogens is 1. The predicted molar refractivity (Wildman–Crippen MR) is 128 cm³/mol. The maximum absolute atomic E-state index is 13.1. The standard InChI is InChI=1S/C24H25N5O4S/c1-15-22(16(2)33-28-15)34(31,32)29-13-5-6-18(14-29)24(30)25-19-11-9-17(10-12-19)23-26-20-7-3-4-8-21(20)27-23/h3-4,7-12,18H,5-6,13-14H2,1-2H3,(H,25,30)(H,26,27). The molecule has 2 aromatic carbocycles. The summed E-state index contributed by atoms with van der Waals surface area (Å²) >= 11 is 0. The Balaban J connectivity index is 1.27. The lowest BCUT2D eigenvalue weighted by Crippen LogP contribution is -2.43. The van der Waals surface area contributed by atoms with Gasteiger partial charge in [-0.2, -0.15) is 4.31 Å². The Hall–Kier alpha value is -3.50. The molecule has 1 fully saturated rings. The number of imidazole rings is 1. The first kappa shape index (κ1) is 22.3. The highest BCUT2D eigenvalue weighted by Gasteiger charge is 2.36. The van der Waals surface area contributed by atoms with Crippen molar-refractivity contribution in [3.05, 3.63) is 60.0 Å². The second-order valence-electron chi connectivity index (χ2n) is 8.52. The highest BCUT2D eigenvalue weighted by molar-refractivity contribution is 7.89. The number of anilines is 1. The van der Waals surface area contributed by atoms with Gasteiger partial charge in [0.25, 0.3) is 0 Å². The van der Waals surface area contributed by atoms with Gasteiger partial charge in [0.1, 0.15) is 16.4 Å². The van der Waals surface area contributed by atoms with Crippen LogP contribution in [0, 0.1) is 19.8 Å². The van der Waals surface area contributed by atoms with Gasteiger partial charge in [0.05, 0.1) is 17.0 Å². The largest absolute Gasteiger partial charge is 0.360 e. The number of aromatic nitrogens is 3. The molecular weight excluding hydrogens is 454 g/mol.